The Balaban J connectivity index is 1.56. The first-order valence-electron chi connectivity index (χ1n) is 7.69. The number of rotatable bonds is 5. The molecule has 0 N–H and O–H groups in total. The van der Waals surface area contributed by atoms with Gasteiger partial charge in [0, 0.05) is 31.7 Å². The van der Waals surface area contributed by atoms with Gasteiger partial charge in [-0.25, -0.2) is 0 Å². The van der Waals surface area contributed by atoms with Crippen molar-refractivity contribution in [3.05, 3.63) is 53.3 Å². The van der Waals surface area contributed by atoms with Crippen LogP contribution in [0.4, 0.5) is 0 Å². The van der Waals surface area contributed by atoms with Gasteiger partial charge >= 0.3 is 0 Å². The highest BCUT2D eigenvalue weighted by Gasteiger charge is 2.34. The molecule has 5 heteroatoms. The second-order valence-electron chi connectivity index (χ2n) is 5.86. The molecule has 0 aliphatic carbocycles. The van der Waals surface area contributed by atoms with Crippen molar-refractivity contribution in [2.24, 2.45) is 5.92 Å². The fourth-order valence-corrected chi connectivity index (χ4v) is 3.18. The number of hydrogen-bond donors (Lipinski definition) is 0. The van der Waals surface area contributed by atoms with Crippen molar-refractivity contribution in [3.8, 4) is 0 Å². The number of hydrogen-bond acceptors (Lipinski definition) is 2. The van der Waals surface area contributed by atoms with Crippen LogP contribution in [0.1, 0.15) is 24.8 Å². The molecule has 1 aromatic carbocycles. The summed E-state index contributed by atoms with van der Waals surface area (Å²) in [5, 5.41) is 4.84. The SMILES string of the molecule is CCC(C(=O)N1CC(Cn2cc(Cl)cn2)C1)c1ccccc1. The molecule has 1 unspecified atom stereocenters. The number of amides is 1. The van der Waals surface area contributed by atoms with Crippen LogP contribution in [-0.4, -0.2) is 33.7 Å². The van der Waals surface area contributed by atoms with Crippen LogP contribution in [0.3, 0.4) is 0 Å². The van der Waals surface area contributed by atoms with Gasteiger partial charge in [-0.3, -0.25) is 9.48 Å². The molecule has 1 aliphatic heterocycles. The Kier molecular flexibility index (Phi) is 4.48. The van der Waals surface area contributed by atoms with Crippen LogP contribution in [0.25, 0.3) is 0 Å². The van der Waals surface area contributed by atoms with Crippen LogP contribution in [-0.2, 0) is 11.3 Å². The third-order valence-corrected chi connectivity index (χ3v) is 4.42. The Labute approximate surface area is 135 Å². The van der Waals surface area contributed by atoms with Gasteiger partial charge in [0.15, 0.2) is 0 Å². The van der Waals surface area contributed by atoms with E-state index in [9.17, 15) is 4.79 Å². The van der Waals surface area contributed by atoms with Crippen LogP contribution in [0.15, 0.2) is 42.7 Å². The third kappa shape index (κ3) is 3.17. The predicted molar refractivity (Wildman–Crippen MR) is 86.8 cm³/mol. The van der Waals surface area contributed by atoms with Crippen LogP contribution in [0, 0.1) is 5.92 Å². The first-order valence-corrected chi connectivity index (χ1v) is 8.07. The van der Waals surface area contributed by atoms with E-state index >= 15 is 0 Å². The summed E-state index contributed by atoms with van der Waals surface area (Å²) in [5.41, 5.74) is 1.11. The lowest BCUT2D eigenvalue weighted by Crippen LogP contribution is -2.52. The monoisotopic (exact) mass is 317 g/mol. The van der Waals surface area contributed by atoms with Crippen LogP contribution in [0.5, 0.6) is 0 Å². The number of nitrogens with zero attached hydrogens (tertiary/aromatic N) is 3. The molecule has 1 amide bonds. The minimum atomic E-state index is -0.0266. The van der Waals surface area contributed by atoms with Gasteiger partial charge in [-0.15, -0.1) is 0 Å². The van der Waals surface area contributed by atoms with Gasteiger partial charge in [-0.1, -0.05) is 48.9 Å². The molecule has 1 saturated heterocycles. The van der Waals surface area contributed by atoms with E-state index in [-0.39, 0.29) is 11.8 Å². The standard InChI is InChI=1S/C17H20ClN3O/c1-2-16(14-6-4-3-5-7-14)17(22)20-9-13(10-20)11-21-12-15(18)8-19-21/h3-8,12-13,16H,2,9-11H2,1H3. The molecule has 22 heavy (non-hydrogen) atoms. The van der Waals surface area contributed by atoms with Gasteiger partial charge in [-0.2, -0.15) is 5.10 Å². The first kappa shape index (κ1) is 15.1. The van der Waals surface area contributed by atoms with E-state index < -0.39 is 0 Å². The number of aromatic nitrogens is 2. The Morgan fingerprint density at radius 2 is 2.09 bits per heavy atom. The van der Waals surface area contributed by atoms with E-state index in [1.807, 2.05) is 46.1 Å². The van der Waals surface area contributed by atoms with Crippen molar-refractivity contribution in [3.63, 3.8) is 0 Å². The highest BCUT2D eigenvalue weighted by molar-refractivity contribution is 6.30. The van der Waals surface area contributed by atoms with Gasteiger partial charge in [0.1, 0.15) is 0 Å². The molecule has 1 aromatic heterocycles. The summed E-state index contributed by atoms with van der Waals surface area (Å²) < 4.78 is 1.85. The molecule has 0 radical (unpaired) electrons. The Hall–Kier alpha value is -1.81. The molecule has 1 fully saturated rings. The summed E-state index contributed by atoms with van der Waals surface area (Å²) in [6, 6.07) is 10.0. The number of benzene rings is 1. The average Bonchev–Trinajstić information content (AvgIpc) is 2.89. The molecule has 0 bridgehead atoms. The highest BCUT2D eigenvalue weighted by Crippen LogP contribution is 2.27. The van der Waals surface area contributed by atoms with E-state index in [1.54, 1.807) is 6.20 Å². The second-order valence-corrected chi connectivity index (χ2v) is 6.30. The van der Waals surface area contributed by atoms with Crippen LogP contribution in [0.2, 0.25) is 5.02 Å². The summed E-state index contributed by atoms with van der Waals surface area (Å²) >= 11 is 5.86. The molecule has 3 rings (SSSR count). The lowest BCUT2D eigenvalue weighted by molar-refractivity contribution is -0.139. The van der Waals surface area contributed by atoms with Crippen molar-refractivity contribution in [1.29, 1.82) is 0 Å². The van der Waals surface area contributed by atoms with E-state index in [1.165, 1.54) is 0 Å². The van der Waals surface area contributed by atoms with Gasteiger partial charge in [0.25, 0.3) is 0 Å². The maximum Gasteiger partial charge on any atom is 0.230 e. The van der Waals surface area contributed by atoms with Crippen molar-refractivity contribution in [1.82, 2.24) is 14.7 Å². The molecule has 1 atom stereocenters. The maximum atomic E-state index is 12.6. The van der Waals surface area contributed by atoms with E-state index in [0.717, 1.165) is 31.6 Å². The lowest BCUT2D eigenvalue weighted by atomic mass is 9.91. The van der Waals surface area contributed by atoms with E-state index in [4.69, 9.17) is 11.6 Å². The summed E-state index contributed by atoms with van der Waals surface area (Å²) in [5.74, 6) is 0.679. The molecular weight excluding hydrogens is 298 g/mol. The number of carbonyl (C=O) groups is 1. The molecule has 2 aromatic rings. The Morgan fingerprint density at radius 3 is 2.68 bits per heavy atom. The minimum absolute atomic E-state index is 0.0266. The zero-order valence-corrected chi connectivity index (χ0v) is 13.4. The van der Waals surface area contributed by atoms with Gasteiger partial charge in [0.2, 0.25) is 5.91 Å². The van der Waals surface area contributed by atoms with Gasteiger partial charge in [0.05, 0.1) is 17.1 Å². The van der Waals surface area contributed by atoms with Crippen molar-refractivity contribution < 1.29 is 4.79 Å². The molecule has 1 aliphatic rings. The number of likely N-dealkylation sites (tertiary alicyclic amines) is 1. The molecule has 0 spiro atoms. The highest BCUT2D eigenvalue weighted by atomic mass is 35.5. The van der Waals surface area contributed by atoms with E-state index in [0.29, 0.717) is 10.9 Å². The molecule has 2 heterocycles. The maximum absolute atomic E-state index is 12.6. The molecule has 4 nitrogen and oxygen atoms in total. The summed E-state index contributed by atoms with van der Waals surface area (Å²) in [4.78, 5) is 14.6. The van der Waals surface area contributed by atoms with Crippen molar-refractivity contribution in [2.45, 2.75) is 25.8 Å². The van der Waals surface area contributed by atoms with E-state index in [2.05, 4.69) is 12.0 Å². The molecule has 0 saturated carbocycles. The second kappa shape index (κ2) is 6.53. The number of carbonyl (C=O) groups excluding carboxylic acids is 1. The van der Waals surface area contributed by atoms with Crippen molar-refractivity contribution >= 4 is 17.5 Å². The Morgan fingerprint density at radius 1 is 1.36 bits per heavy atom. The zero-order chi connectivity index (χ0) is 15.5. The normalized spacial score (nSPS) is 16.4. The van der Waals surface area contributed by atoms with Crippen LogP contribution >= 0.6 is 11.6 Å². The predicted octanol–water partition coefficient (Wildman–Crippen LogP) is 3.19. The largest absolute Gasteiger partial charge is 0.341 e. The topological polar surface area (TPSA) is 38.1 Å². The average molecular weight is 318 g/mol. The fraction of sp³-hybridized carbons (Fsp3) is 0.412. The molecule has 116 valence electrons. The smallest absolute Gasteiger partial charge is 0.230 e. The van der Waals surface area contributed by atoms with Crippen molar-refractivity contribution in [2.75, 3.05) is 13.1 Å². The van der Waals surface area contributed by atoms with Crippen LogP contribution < -0.4 is 0 Å². The Bertz CT molecular complexity index is 634. The summed E-state index contributed by atoms with van der Waals surface area (Å²) in [6.07, 6.45) is 4.30. The summed E-state index contributed by atoms with van der Waals surface area (Å²) in [7, 11) is 0. The van der Waals surface area contributed by atoms with Gasteiger partial charge in [-0.05, 0) is 12.0 Å². The first-order chi connectivity index (χ1) is 10.7. The minimum Gasteiger partial charge on any atom is -0.341 e. The zero-order valence-electron chi connectivity index (χ0n) is 12.7. The lowest BCUT2D eigenvalue weighted by Gasteiger charge is -2.41. The quantitative estimate of drug-likeness (QED) is 0.849. The van der Waals surface area contributed by atoms with Gasteiger partial charge < -0.3 is 4.90 Å². The summed E-state index contributed by atoms with van der Waals surface area (Å²) in [6.45, 7) is 4.50. The third-order valence-electron chi connectivity index (χ3n) is 4.22. The number of halogens is 1. The molecular formula is C17H20ClN3O. The fourth-order valence-electron chi connectivity index (χ4n) is 3.03.